The van der Waals surface area contributed by atoms with Crippen molar-refractivity contribution in [1.82, 2.24) is 4.98 Å². The molecule has 0 radical (unpaired) electrons. The first-order valence-corrected chi connectivity index (χ1v) is 4.96. The summed E-state index contributed by atoms with van der Waals surface area (Å²) in [5, 5.41) is 2.84. The van der Waals surface area contributed by atoms with E-state index in [9.17, 15) is 8.78 Å². The van der Waals surface area contributed by atoms with Gasteiger partial charge in [0.05, 0.1) is 6.20 Å². The highest BCUT2D eigenvalue weighted by atomic mass is 19.1. The standard InChI is InChI=1S/C12H10F2N2O/c1-15-12-5-3-9(7-16-12)17-11-6-8(13)2-4-10(11)14/h2-7H,1H3,(H,15,16). The summed E-state index contributed by atoms with van der Waals surface area (Å²) < 4.78 is 31.4. The molecule has 0 saturated carbocycles. The van der Waals surface area contributed by atoms with Crippen LogP contribution in [0.2, 0.25) is 0 Å². The highest BCUT2D eigenvalue weighted by Gasteiger charge is 2.06. The van der Waals surface area contributed by atoms with Crippen molar-refractivity contribution in [2.45, 2.75) is 0 Å². The van der Waals surface area contributed by atoms with Gasteiger partial charge in [-0.2, -0.15) is 0 Å². The van der Waals surface area contributed by atoms with E-state index in [0.717, 1.165) is 18.2 Å². The highest BCUT2D eigenvalue weighted by molar-refractivity contribution is 5.38. The van der Waals surface area contributed by atoms with Gasteiger partial charge in [0.15, 0.2) is 11.6 Å². The molecule has 0 fully saturated rings. The molecule has 0 atom stereocenters. The first-order chi connectivity index (χ1) is 8.19. The molecular weight excluding hydrogens is 226 g/mol. The average molecular weight is 236 g/mol. The molecular formula is C12H10F2N2O. The Morgan fingerprint density at radius 1 is 1.18 bits per heavy atom. The molecule has 0 unspecified atom stereocenters. The van der Waals surface area contributed by atoms with Crippen molar-refractivity contribution in [2.24, 2.45) is 0 Å². The van der Waals surface area contributed by atoms with Crippen LogP contribution in [0.15, 0.2) is 36.5 Å². The monoisotopic (exact) mass is 236 g/mol. The topological polar surface area (TPSA) is 34.1 Å². The van der Waals surface area contributed by atoms with E-state index in [2.05, 4.69) is 10.3 Å². The van der Waals surface area contributed by atoms with Gasteiger partial charge in [0, 0.05) is 13.1 Å². The van der Waals surface area contributed by atoms with E-state index >= 15 is 0 Å². The van der Waals surface area contributed by atoms with Crippen LogP contribution >= 0.6 is 0 Å². The van der Waals surface area contributed by atoms with Crippen molar-refractivity contribution in [3.8, 4) is 11.5 Å². The summed E-state index contributed by atoms with van der Waals surface area (Å²) in [5.74, 6) is -0.333. The molecule has 0 spiro atoms. The number of aromatic nitrogens is 1. The second-order valence-electron chi connectivity index (χ2n) is 3.31. The van der Waals surface area contributed by atoms with Crippen molar-refractivity contribution < 1.29 is 13.5 Å². The number of rotatable bonds is 3. The zero-order valence-electron chi connectivity index (χ0n) is 9.08. The molecule has 0 aliphatic rings. The molecule has 0 bridgehead atoms. The molecule has 1 heterocycles. The summed E-state index contributed by atoms with van der Waals surface area (Å²) in [6, 6.07) is 6.32. The Bertz CT molecular complexity index is 514. The summed E-state index contributed by atoms with van der Waals surface area (Å²) in [7, 11) is 1.73. The first-order valence-electron chi connectivity index (χ1n) is 4.96. The van der Waals surface area contributed by atoms with E-state index in [0.29, 0.717) is 11.6 Å². The van der Waals surface area contributed by atoms with Crippen LogP contribution in [0, 0.1) is 11.6 Å². The molecule has 1 N–H and O–H groups in total. The van der Waals surface area contributed by atoms with Crippen molar-refractivity contribution in [2.75, 3.05) is 12.4 Å². The second kappa shape index (κ2) is 4.78. The van der Waals surface area contributed by atoms with Crippen molar-refractivity contribution >= 4 is 5.82 Å². The van der Waals surface area contributed by atoms with E-state index in [1.54, 1.807) is 19.2 Å². The fourth-order valence-electron chi connectivity index (χ4n) is 1.27. The maximum absolute atomic E-state index is 13.3. The highest BCUT2D eigenvalue weighted by Crippen LogP contribution is 2.25. The van der Waals surface area contributed by atoms with Crippen LogP contribution in [0.1, 0.15) is 0 Å². The summed E-state index contributed by atoms with van der Waals surface area (Å²) in [6.07, 6.45) is 1.43. The number of ether oxygens (including phenoxy) is 1. The van der Waals surface area contributed by atoms with Crippen molar-refractivity contribution in [3.63, 3.8) is 0 Å². The van der Waals surface area contributed by atoms with Gasteiger partial charge in [-0.1, -0.05) is 0 Å². The molecule has 17 heavy (non-hydrogen) atoms. The SMILES string of the molecule is CNc1ccc(Oc2cc(F)ccc2F)cn1. The molecule has 0 aliphatic heterocycles. The number of hydrogen-bond acceptors (Lipinski definition) is 3. The normalized spacial score (nSPS) is 10.1. The molecule has 0 saturated heterocycles. The predicted molar refractivity (Wildman–Crippen MR) is 60.2 cm³/mol. The van der Waals surface area contributed by atoms with Gasteiger partial charge in [0.1, 0.15) is 17.4 Å². The maximum Gasteiger partial charge on any atom is 0.166 e. The number of benzene rings is 1. The van der Waals surface area contributed by atoms with Crippen LogP contribution in [0.4, 0.5) is 14.6 Å². The van der Waals surface area contributed by atoms with Crippen molar-refractivity contribution in [1.29, 1.82) is 0 Å². The molecule has 3 nitrogen and oxygen atoms in total. The number of pyridine rings is 1. The van der Waals surface area contributed by atoms with Gasteiger partial charge in [0.25, 0.3) is 0 Å². The zero-order chi connectivity index (χ0) is 12.3. The number of nitrogens with zero attached hydrogens (tertiary/aromatic N) is 1. The largest absolute Gasteiger partial charge is 0.453 e. The Morgan fingerprint density at radius 3 is 2.65 bits per heavy atom. The number of nitrogens with one attached hydrogen (secondary N) is 1. The van der Waals surface area contributed by atoms with Gasteiger partial charge in [-0.15, -0.1) is 0 Å². The van der Waals surface area contributed by atoms with E-state index in [-0.39, 0.29) is 5.75 Å². The number of anilines is 1. The maximum atomic E-state index is 13.3. The van der Waals surface area contributed by atoms with E-state index in [1.165, 1.54) is 6.20 Å². The van der Waals surface area contributed by atoms with Gasteiger partial charge in [0.2, 0.25) is 0 Å². The second-order valence-corrected chi connectivity index (χ2v) is 3.31. The van der Waals surface area contributed by atoms with Gasteiger partial charge in [-0.25, -0.2) is 13.8 Å². The Morgan fingerprint density at radius 2 is 2.00 bits per heavy atom. The first kappa shape index (κ1) is 11.3. The third-order valence-electron chi connectivity index (χ3n) is 2.11. The fraction of sp³-hybridized carbons (Fsp3) is 0.0833. The minimum atomic E-state index is -0.621. The summed E-state index contributed by atoms with van der Waals surface area (Å²) >= 11 is 0. The quantitative estimate of drug-likeness (QED) is 0.888. The Hall–Kier alpha value is -2.17. The molecule has 1 aromatic carbocycles. The predicted octanol–water partition coefficient (Wildman–Crippen LogP) is 3.19. The van der Waals surface area contributed by atoms with E-state index < -0.39 is 11.6 Å². The van der Waals surface area contributed by atoms with Crippen LogP contribution in [0.5, 0.6) is 11.5 Å². The van der Waals surface area contributed by atoms with E-state index in [4.69, 9.17) is 4.74 Å². The lowest BCUT2D eigenvalue weighted by molar-refractivity contribution is 0.435. The molecule has 2 aromatic rings. The Kier molecular flexibility index (Phi) is 3.18. The summed E-state index contributed by atoms with van der Waals surface area (Å²) in [5.41, 5.74) is 0. The van der Waals surface area contributed by atoms with E-state index in [1.807, 2.05) is 0 Å². The molecule has 0 amide bonds. The molecule has 1 aromatic heterocycles. The minimum Gasteiger partial charge on any atom is -0.453 e. The lowest BCUT2D eigenvalue weighted by Crippen LogP contribution is -1.93. The summed E-state index contributed by atoms with van der Waals surface area (Å²) in [4.78, 5) is 3.99. The Labute approximate surface area is 97.1 Å². The fourth-order valence-corrected chi connectivity index (χ4v) is 1.27. The van der Waals surface area contributed by atoms with Crippen LogP contribution < -0.4 is 10.1 Å². The molecule has 88 valence electrons. The minimum absolute atomic E-state index is 0.163. The van der Waals surface area contributed by atoms with Crippen LogP contribution in [0.3, 0.4) is 0 Å². The van der Waals surface area contributed by atoms with Gasteiger partial charge in [-0.3, -0.25) is 0 Å². The van der Waals surface area contributed by atoms with Crippen molar-refractivity contribution in [3.05, 3.63) is 48.2 Å². The number of halogens is 2. The molecule has 5 heteroatoms. The summed E-state index contributed by atoms with van der Waals surface area (Å²) in [6.45, 7) is 0. The number of hydrogen-bond donors (Lipinski definition) is 1. The van der Waals surface area contributed by atoms with Gasteiger partial charge in [-0.05, 0) is 24.3 Å². The van der Waals surface area contributed by atoms with Crippen LogP contribution in [-0.2, 0) is 0 Å². The third-order valence-corrected chi connectivity index (χ3v) is 2.11. The smallest absolute Gasteiger partial charge is 0.166 e. The lowest BCUT2D eigenvalue weighted by Gasteiger charge is -2.07. The lowest BCUT2D eigenvalue weighted by atomic mass is 10.3. The molecule has 0 aliphatic carbocycles. The van der Waals surface area contributed by atoms with Crippen LogP contribution in [-0.4, -0.2) is 12.0 Å². The van der Waals surface area contributed by atoms with Crippen LogP contribution in [0.25, 0.3) is 0 Å². The van der Waals surface area contributed by atoms with Gasteiger partial charge < -0.3 is 10.1 Å². The Balaban J connectivity index is 2.22. The average Bonchev–Trinajstić information content (AvgIpc) is 2.35. The van der Waals surface area contributed by atoms with Gasteiger partial charge >= 0.3 is 0 Å². The zero-order valence-corrected chi connectivity index (χ0v) is 9.08. The molecule has 2 rings (SSSR count). The third kappa shape index (κ3) is 2.69.